The highest BCUT2D eigenvalue weighted by molar-refractivity contribution is 5.48. The summed E-state index contributed by atoms with van der Waals surface area (Å²) in [6, 6.07) is 9.16. The van der Waals surface area contributed by atoms with Crippen molar-refractivity contribution in [2.45, 2.75) is 65.6 Å². The van der Waals surface area contributed by atoms with Crippen molar-refractivity contribution >= 4 is 0 Å². The molecule has 0 bridgehead atoms. The maximum atomic E-state index is 11.2. The first-order valence-electron chi connectivity index (χ1n) is 9.57. The highest BCUT2D eigenvalue weighted by Gasteiger charge is 2.38. The van der Waals surface area contributed by atoms with Crippen LogP contribution >= 0.6 is 0 Å². The minimum atomic E-state index is -0.810. The molecule has 1 aromatic carbocycles. The fourth-order valence-electron chi connectivity index (χ4n) is 4.29. The number of rotatable bonds is 3. The highest BCUT2D eigenvalue weighted by Crippen LogP contribution is 2.44. The first-order valence-corrected chi connectivity index (χ1v) is 9.57. The molecule has 2 atom stereocenters. The molecule has 1 aromatic heterocycles. The van der Waals surface area contributed by atoms with E-state index >= 15 is 0 Å². The number of hydrogen-bond donors (Lipinski definition) is 1. The quantitative estimate of drug-likeness (QED) is 0.828. The number of benzene rings is 1. The molecular formula is C23H29N2O2+. The normalized spacial score (nSPS) is 19.4. The van der Waals surface area contributed by atoms with Crippen molar-refractivity contribution in [3.05, 3.63) is 63.5 Å². The Labute approximate surface area is 161 Å². The molecule has 3 N–H and O–H groups in total. The Hall–Kier alpha value is -2.22. The Morgan fingerprint density at radius 2 is 1.89 bits per heavy atom. The molecule has 0 radical (unpaired) electrons. The molecule has 1 aliphatic carbocycles. The van der Waals surface area contributed by atoms with Gasteiger partial charge in [-0.2, -0.15) is 5.26 Å². The molecule has 3 rings (SSSR count). The predicted molar refractivity (Wildman–Crippen MR) is 107 cm³/mol. The zero-order valence-electron chi connectivity index (χ0n) is 16.8. The van der Waals surface area contributed by atoms with Crippen molar-refractivity contribution in [1.82, 2.24) is 4.98 Å². The monoisotopic (exact) mass is 365 g/mol. The van der Waals surface area contributed by atoms with Crippen LogP contribution in [-0.4, -0.2) is 15.2 Å². The van der Waals surface area contributed by atoms with Gasteiger partial charge >= 0.3 is 0 Å². The molecule has 4 heteroatoms. The summed E-state index contributed by atoms with van der Waals surface area (Å²) in [6.07, 6.45) is 0.543. The first kappa shape index (κ1) is 19.5. The van der Waals surface area contributed by atoms with Crippen molar-refractivity contribution < 1.29 is 10.2 Å². The predicted octanol–water partition coefficient (Wildman–Crippen LogP) is 4.20. The van der Waals surface area contributed by atoms with E-state index in [0.29, 0.717) is 5.56 Å². The van der Waals surface area contributed by atoms with Crippen LogP contribution in [0.2, 0.25) is 0 Å². The van der Waals surface area contributed by atoms with Crippen molar-refractivity contribution in [2.75, 3.05) is 0 Å². The van der Waals surface area contributed by atoms with E-state index in [1.165, 1.54) is 0 Å². The van der Waals surface area contributed by atoms with Gasteiger partial charge in [-0.1, -0.05) is 39.8 Å². The van der Waals surface area contributed by atoms with Crippen molar-refractivity contribution in [1.29, 1.82) is 5.26 Å². The van der Waals surface area contributed by atoms with E-state index in [1.54, 1.807) is 24.3 Å². The minimum absolute atomic E-state index is 0.0698. The minimum Gasteiger partial charge on any atom is -0.440 e. The van der Waals surface area contributed by atoms with Crippen LogP contribution in [0.1, 0.15) is 91.4 Å². The van der Waals surface area contributed by atoms with E-state index in [9.17, 15) is 5.11 Å². The molecular weight excluding hydrogens is 336 g/mol. The number of nitriles is 1. The largest absolute Gasteiger partial charge is 0.440 e. The lowest BCUT2D eigenvalue weighted by Crippen LogP contribution is -2.29. The Morgan fingerprint density at radius 1 is 1.26 bits per heavy atom. The smallest absolute Gasteiger partial charge is 0.182 e. The van der Waals surface area contributed by atoms with Crippen molar-refractivity contribution in [3.63, 3.8) is 0 Å². The fraction of sp³-hybridized carbons (Fsp3) is 0.478. The van der Waals surface area contributed by atoms with Gasteiger partial charge in [0.15, 0.2) is 6.10 Å². The van der Waals surface area contributed by atoms with Crippen LogP contribution in [0.15, 0.2) is 24.3 Å². The third-order valence-electron chi connectivity index (χ3n) is 5.58. The summed E-state index contributed by atoms with van der Waals surface area (Å²) in [5.41, 5.74) is 6.13. The second kappa shape index (κ2) is 7.07. The van der Waals surface area contributed by atoms with Gasteiger partial charge in [0.1, 0.15) is 6.10 Å². The van der Waals surface area contributed by atoms with Gasteiger partial charge in [0.25, 0.3) is 0 Å². The summed E-state index contributed by atoms with van der Waals surface area (Å²) < 4.78 is 0. The number of aromatic nitrogens is 1. The third kappa shape index (κ3) is 3.63. The zero-order chi connectivity index (χ0) is 19.9. The van der Waals surface area contributed by atoms with Gasteiger partial charge in [-0.25, -0.2) is 0 Å². The van der Waals surface area contributed by atoms with Crippen LogP contribution < -0.4 is 0 Å². The third-order valence-corrected chi connectivity index (χ3v) is 5.58. The Bertz CT molecular complexity index is 892. The second-order valence-corrected chi connectivity index (χ2v) is 8.78. The topological polar surface area (TPSA) is 79.8 Å². The van der Waals surface area contributed by atoms with Gasteiger partial charge in [-0.3, -0.25) is 4.98 Å². The molecule has 27 heavy (non-hydrogen) atoms. The van der Waals surface area contributed by atoms with E-state index in [1.807, 2.05) is 6.92 Å². The van der Waals surface area contributed by atoms with E-state index in [2.05, 4.69) is 33.8 Å². The lowest BCUT2D eigenvalue weighted by Gasteiger charge is -2.34. The molecule has 0 fully saturated rings. The zero-order valence-corrected chi connectivity index (χ0v) is 16.8. The first-order chi connectivity index (χ1) is 12.6. The molecule has 1 unspecified atom stereocenters. The standard InChI is InChI=1S/C23H28N2O2/c1-13(2)21-20(22(27)16-8-6-15(12-24)7-9-16)14(3)19-17(25-21)10-23(4,5)11-18(19)26/h6-9,13,18,22,26-27H,10-11H2,1-5H3/p+1/t18?,22-/m0/s1. The Morgan fingerprint density at radius 3 is 2.44 bits per heavy atom. The number of hydrogen-bond acceptors (Lipinski definition) is 3. The van der Waals surface area contributed by atoms with Gasteiger partial charge in [0, 0.05) is 17.7 Å². The van der Waals surface area contributed by atoms with Gasteiger partial charge in [-0.05, 0) is 47.9 Å². The summed E-state index contributed by atoms with van der Waals surface area (Å²) in [5, 5.41) is 28.8. The number of nitrogens with zero attached hydrogens (tertiary/aromatic N) is 2. The van der Waals surface area contributed by atoms with Crippen LogP contribution in [0, 0.1) is 23.7 Å². The number of aliphatic hydroxyl groups excluding tert-OH is 1. The van der Waals surface area contributed by atoms with E-state index in [4.69, 9.17) is 15.4 Å². The van der Waals surface area contributed by atoms with Crippen molar-refractivity contribution in [2.24, 2.45) is 5.41 Å². The van der Waals surface area contributed by atoms with Crippen LogP contribution in [0.25, 0.3) is 0 Å². The van der Waals surface area contributed by atoms with E-state index in [-0.39, 0.29) is 17.4 Å². The lowest BCUT2D eigenvalue weighted by molar-refractivity contribution is 0.0968. The number of pyridine rings is 1. The molecule has 1 heterocycles. The average molecular weight is 365 g/mol. The number of aliphatic hydroxyl groups is 1. The Kier molecular flexibility index (Phi) is 5.12. The van der Waals surface area contributed by atoms with Crippen LogP contribution in [-0.2, 0) is 6.42 Å². The number of fused-ring (bicyclic) bond motifs is 1. The summed E-state index contributed by atoms with van der Waals surface area (Å²) in [5.74, 6) is 0.172. The summed E-state index contributed by atoms with van der Waals surface area (Å²) >= 11 is 0. The van der Waals surface area contributed by atoms with Gasteiger partial charge in [0.05, 0.1) is 22.9 Å². The SMILES string of the molecule is Cc1c2c(nc(C(C)C)c1[C@@H](O)c1ccc(C#N)cc1)CC(C)(C)CC2[OH2+]. The molecule has 2 aromatic rings. The second-order valence-electron chi connectivity index (χ2n) is 8.78. The average Bonchev–Trinajstić information content (AvgIpc) is 2.59. The van der Waals surface area contributed by atoms with Crippen LogP contribution in [0.5, 0.6) is 0 Å². The molecule has 0 amide bonds. The summed E-state index contributed by atoms with van der Waals surface area (Å²) in [6.45, 7) is 10.6. The molecule has 0 spiro atoms. The highest BCUT2D eigenvalue weighted by atomic mass is 16.3. The molecule has 142 valence electrons. The Balaban J connectivity index is 2.17. The van der Waals surface area contributed by atoms with Crippen LogP contribution in [0.3, 0.4) is 0 Å². The molecule has 0 saturated heterocycles. The molecule has 0 saturated carbocycles. The lowest BCUT2D eigenvalue weighted by atomic mass is 9.72. The maximum Gasteiger partial charge on any atom is 0.182 e. The van der Waals surface area contributed by atoms with Crippen molar-refractivity contribution in [3.8, 4) is 6.07 Å². The maximum absolute atomic E-state index is 11.2. The van der Waals surface area contributed by atoms with Gasteiger partial charge < -0.3 is 10.2 Å². The molecule has 4 nitrogen and oxygen atoms in total. The van der Waals surface area contributed by atoms with E-state index < -0.39 is 6.10 Å². The summed E-state index contributed by atoms with van der Waals surface area (Å²) in [7, 11) is 0. The van der Waals surface area contributed by atoms with E-state index in [0.717, 1.165) is 46.5 Å². The summed E-state index contributed by atoms with van der Waals surface area (Å²) in [4.78, 5) is 4.97. The fourth-order valence-corrected chi connectivity index (χ4v) is 4.29. The molecule has 1 aliphatic rings. The van der Waals surface area contributed by atoms with Gasteiger partial charge in [0.2, 0.25) is 0 Å². The molecule has 0 aliphatic heterocycles. The van der Waals surface area contributed by atoms with Crippen LogP contribution in [0.4, 0.5) is 0 Å². The van der Waals surface area contributed by atoms with Gasteiger partial charge in [-0.15, -0.1) is 0 Å².